The number of hydrogen-bond donors (Lipinski definition) is 2. The highest BCUT2D eigenvalue weighted by Gasteiger charge is 2.27. The molecule has 1 aliphatic rings. The van der Waals surface area contributed by atoms with Gasteiger partial charge in [0.25, 0.3) is 0 Å². The maximum atomic E-state index is 11.4. The molecule has 112 valence electrons. The van der Waals surface area contributed by atoms with Crippen molar-refractivity contribution in [2.45, 2.75) is 12.3 Å². The number of benzene rings is 2. The van der Waals surface area contributed by atoms with Gasteiger partial charge in [0.2, 0.25) is 5.91 Å². The highest BCUT2D eigenvalue weighted by Crippen LogP contribution is 2.40. The summed E-state index contributed by atoms with van der Waals surface area (Å²) in [5, 5.41) is 0.980. The SMILES string of the molecule is NNC(=O)CSC1=Nc2ccccc2C1Cc1ccccc1. The molecule has 0 saturated carbocycles. The van der Waals surface area contributed by atoms with Gasteiger partial charge in [-0.15, -0.1) is 11.8 Å². The fraction of sp³-hybridized carbons (Fsp3) is 0.176. The predicted molar refractivity (Wildman–Crippen MR) is 91.2 cm³/mol. The van der Waals surface area contributed by atoms with Crippen LogP contribution < -0.4 is 11.3 Å². The van der Waals surface area contributed by atoms with Gasteiger partial charge in [-0.3, -0.25) is 10.2 Å². The summed E-state index contributed by atoms with van der Waals surface area (Å²) < 4.78 is 0. The first-order valence-electron chi connectivity index (χ1n) is 7.11. The zero-order valence-corrected chi connectivity index (χ0v) is 12.8. The van der Waals surface area contributed by atoms with E-state index >= 15 is 0 Å². The number of amides is 1. The number of nitrogens with zero attached hydrogens (tertiary/aromatic N) is 1. The molecule has 0 aliphatic carbocycles. The van der Waals surface area contributed by atoms with Gasteiger partial charge >= 0.3 is 0 Å². The second-order valence-electron chi connectivity index (χ2n) is 5.11. The van der Waals surface area contributed by atoms with E-state index in [0.717, 1.165) is 17.2 Å². The molecule has 5 heteroatoms. The van der Waals surface area contributed by atoms with Crippen LogP contribution in [0, 0.1) is 0 Å². The van der Waals surface area contributed by atoms with Crippen LogP contribution in [-0.2, 0) is 11.2 Å². The largest absolute Gasteiger partial charge is 0.294 e. The lowest BCUT2D eigenvalue weighted by Gasteiger charge is -2.14. The first kappa shape index (κ1) is 14.8. The van der Waals surface area contributed by atoms with Crippen molar-refractivity contribution in [3.8, 4) is 0 Å². The molecule has 0 bridgehead atoms. The van der Waals surface area contributed by atoms with E-state index in [4.69, 9.17) is 10.8 Å². The molecule has 2 aromatic carbocycles. The third-order valence-corrected chi connectivity index (χ3v) is 4.71. The van der Waals surface area contributed by atoms with Crippen molar-refractivity contribution >= 4 is 28.4 Å². The molecule has 1 aliphatic heterocycles. The number of carbonyl (C=O) groups excluding carboxylic acids is 1. The Kier molecular flexibility index (Phi) is 4.56. The van der Waals surface area contributed by atoms with Crippen LogP contribution in [0.2, 0.25) is 0 Å². The van der Waals surface area contributed by atoms with E-state index in [1.165, 1.54) is 22.9 Å². The number of aliphatic imine (C=N–C) groups is 1. The standard InChI is InChI=1S/C17H17N3OS/c18-20-16(21)11-22-17-14(10-12-6-2-1-3-7-12)13-8-4-5-9-15(13)19-17/h1-9,14H,10-11,18H2,(H,20,21). The molecule has 1 atom stereocenters. The van der Waals surface area contributed by atoms with E-state index in [2.05, 4.69) is 23.6 Å². The van der Waals surface area contributed by atoms with Crippen molar-refractivity contribution in [1.82, 2.24) is 5.43 Å². The predicted octanol–water partition coefficient (Wildman–Crippen LogP) is 2.78. The van der Waals surface area contributed by atoms with Crippen molar-refractivity contribution in [3.63, 3.8) is 0 Å². The monoisotopic (exact) mass is 311 g/mol. The number of rotatable bonds is 4. The first-order valence-corrected chi connectivity index (χ1v) is 8.10. The Morgan fingerprint density at radius 2 is 1.86 bits per heavy atom. The third-order valence-electron chi connectivity index (χ3n) is 3.64. The minimum atomic E-state index is -0.192. The van der Waals surface area contributed by atoms with Gasteiger partial charge in [0.1, 0.15) is 0 Å². The number of carbonyl (C=O) groups is 1. The van der Waals surface area contributed by atoms with E-state index in [9.17, 15) is 4.79 Å². The van der Waals surface area contributed by atoms with Gasteiger partial charge in [0, 0.05) is 5.92 Å². The Balaban J connectivity index is 1.83. The summed E-state index contributed by atoms with van der Waals surface area (Å²) in [5.41, 5.74) is 5.65. The second-order valence-corrected chi connectivity index (χ2v) is 6.10. The van der Waals surface area contributed by atoms with Gasteiger partial charge in [0.15, 0.2) is 0 Å². The molecule has 1 heterocycles. The van der Waals surface area contributed by atoms with Gasteiger partial charge in [-0.05, 0) is 23.6 Å². The number of hydrazine groups is 1. The maximum absolute atomic E-state index is 11.4. The number of nitrogens with two attached hydrogens (primary N) is 1. The van der Waals surface area contributed by atoms with Crippen LogP contribution >= 0.6 is 11.8 Å². The molecular formula is C17H17N3OS. The Bertz CT molecular complexity index is 700. The molecular weight excluding hydrogens is 294 g/mol. The molecule has 0 aromatic heterocycles. The molecule has 0 radical (unpaired) electrons. The van der Waals surface area contributed by atoms with Crippen LogP contribution in [0.5, 0.6) is 0 Å². The topological polar surface area (TPSA) is 67.5 Å². The van der Waals surface area contributed by atoms with Crippen molar-refractivity contribution in [1.29, 1.82) is 0 Å². The minimum absolute atomic E-state index is 0.192. The molecule has 0 fully saturated rings. The lowest BCUT2D eigenvalue weighted by atomic mass is 9.94. The summed E-state index contributed by atoms with van der Waals surface area (Å²) in [6.45, 7) is 0. The van der Waals surface area contributed by atoms with E-state index in [-0.39, 0.29) is 17.6 Å². The van der Waals surface area contributed by atoms with E-state index < -0.39 is 0 Å². The van der Waals surface area contributed by atoms with Gasteiger partial charge in [-0.2, -0.15) is 0 Å². The zero-order chi connectivity index (χ0) is 15.4. The van der Waals surface area contributed by atoms with Gasteiger partial charge in [0.05, 0.1) is 16.5 Å². The highest BCUT2D eigenvalue weighted by atomic mass is 32.2. The van der Waals surface area contributed by atoms with Gasteiger partial charge in [-0.1, -0.05) is 48.5 Å². The van der Waals surface area contributed by atoms with Gasteiger partial charge in [-0.25, -0.2) is 10.8 Å². The summed E-state index contributed by atoms with van der Waals surface area (Å²) in [7, 11) is 0. The van der Waals surface area contributed by atoms with Gasteiger partial charge < -0.3 is 0 Å². The molecule has 2 aromatic rings. The fourth-order valence-corrected chi connectivity index (χ4v) is 3.51. The quantitative estimate of drug-likeness (QED) is 0.518. The second kappa shape index (κ2) is 6.77. The Morgan fingerprint density at radius 3 is 2.64 bits per heavy atom. The Labute approximate surface area is 133 Å². The van der Waals surface area contributed by atoms with Crippen LogP contribution in [0.25, 0.3) is 0 Å². The molecule has 4 nitrogen and oxygen atoms in total. The highest BCUT2D eigenvalue weighted by molar-refractivity contribution is 8.14. The lowest BCUT2D eigenvalue weighted by molar-refractivity contribution is -0.118. The molecule has 22 heavy (non-hydrogen) atoms. The summed E-state index contributed by atoms with van der Waals surface area (Å²) in [4.78, 5) is 16.1. The van der Waals surface area contributed by atoms with E-state index in [1.807, 2.05) is 36.4 Å². The third kappa shape index (κ3) is 3.21. The minimum Gasteiger partial charge on any atom is -0.294 e. The number of fused-ring (bicyclic) bond motifs is 1. The van der Waals surface area contributed by atoms with Crippen LogP contribution in [-0.4, -0.2) is 16.7 Å². The average Bonchev–Trinajstić information content (AvgIpc) is 2.91. The zero-order valence-electron chi connectivity index (χ0n) is 12.0. The summed E-state index contributed by atoms with van der Waals surface area (Å²) in [6.07, 6.45) is 0.883. The molecule has 1 amide bonds. The maximum Gasteiger partial charge on any atom is 0.244 e. The number of para-hydroxylation sites is 1. The molecule has 3 rings (SSSR count). The number of nitrogens with one attached hydrogen (secondary N) is 1. The van der Waals surface area contributed by atoms with Crippen molar-refractivity contribution in [3.05, 3.63) is 65.7 Å². The Hall–Kier alpha value is -2.11. The fourth-order valence-electron chi connectivity index (χ4n) is 2.57. The summed E-state index contributed by atoms with van der Waals surface area (Å²) in [5.74, 6) is 5.44. The summed E-state index contributed by atoms with van der Waals surface area (Å²) in [6, 6.07) is 18.5. The normalized spacial score (nSPS) is 16.0. The van der Waals surface area contributed by atoms with Crippen LogP contribution in [0.4, 0.5) is 5.69 Å². The first-order chi connectivity index (χ1) is 10.8. The Morgan fingerprint density at radius 1 is 1.14 bits per heavy atom. The molecule has 0 saturated heterocycles. The number of thioether (sulfide) groups is 1. The van der Waals surface area contributed by atoms with Crippen LogP contribution in [0.1, 0.15) is 17.0 Å². The summed E-state index contributed by atoms with van der Waals surface area (Å²) >= 11 is 1.46. The molecule has 1 unspecified atom stereocenters. The van der Waals surface area contributed by atoms with Crippen molar-refractivity contribution in [2.24, 2.45) is 10.8 Å². The molecule has 3 N–H and O–H groups in total. The van der Waals surface area contributed by atoms with E-state index in [0.29, 0.717) is 0 Å². The van der Waals surface area contributed by atoms with E-state index in [1.54, 1.807) is 0 Å². The van der Waals surface area contributed by atoms with Crippen LogP contribution in [0.3, 0.4) is 0 Å². The van der Waals surface area contributed by atoms with Crippen molar-refractivity contribution in [2.75, 3.05) is 5.75 Å². The lowest BCUT2D eigenvalue weighted by Crippen LogP contribution is -2.32. The number of hydrogen-bond acceptors (Lipinski definition) is 4. The average molecular weight is 311 g/mol. The van der Waals surface area contributed by atoms with Crippen molar-refractivity contribution < 1.29 is 4.79 Å². The molecule has 0 spiro atoms. The smallest absolute Gasteiger partial charge is 0.244 e. The van der Waals surface area contributed by atoms with Crippen LogP contribution in [0.15, 0.2) is 59.6 Å².